The molecule has 0 aliphatic carbocycles. The molecule has 3 rings (SSSR count). The molecule has 28 heavy (non-hydrogen) atoms. The lowest BCUT2D eigenvalue weighted by Gasteiger charge is -2.33. The van der Waals surface area contributed by atoms with Gasteiger partial charge in [0.25, 0.3) is 0 Å². The molecule has 0 saturated carbocycles. The maximum absolute atomic E-state index is 4.74. The van der Waals surface area contributed by atoms with Gasteiger partial charge in [-0.3, -0.25) is 4.99 Å². The predicted octanol–water partition coefficient (Wildman–Crippen LogP) is 3.79. The van der Waals surface area contributed by atoms with Crippen molar-refractivity contribution < 1.29 is 0 Å². The van der Waals surface area contributed by atoms with Gasteiger partial charge in [-0.15, -0.1) is 35.3 Å². The Hall–Kier alpha value is -1.42. The molecule has 2 N–H and O–H groups in total. The zero-order valence-electron chi connectivity index (χ0n) is 17.1. The molecule has 6 nitrogen and oxygen atoms in total. The van der Waals surface area contributed by atoms with Crippen molar-refractivity contribution in [3.63, 3.8) is 0 Å². The van der Waals surface area contributed by atoms with Gasteiger partial charge in [-0.1, -0.05) is 26.8 Å². The second-order valence-electron chi connectivity index (χ2n) is 7.90. The predicted molar refractivity (Wildman–Crippen MR) is 129 cm³/mol. The molecule has 0 atom stereocenters. The minimum atomic E-state index is 0. The van der Waals surface area contributed by atoms with Crippen LogP contribution in [0.1, 0.15) is 44.3 Å². The number of guanidine groups is 1. The first kappa shape index (κ1) is 22.9. The molecule has 0 unspecified atom stereocenters. The average Bonchev–Trinajstić information content (AvgIpc) is 3.16. The summed E-state index contributed by atoms with van der Waals surface area (Å²) in [4.78, 5) is 15.9. The number of piperidine rings is 1. The number of aromatic nitrogens is 2. The van der Waals surface area contributed by atoms with Crippen molar-refractivity contribution in [2.75, 3.05) is 25.0 Å². The topological polar surface area (TPSA) is 65.4 Å². The first-order valence-corrected chi connectivity index (χ1v) is 10.4. The van der Waals surface area contributed by atoms with Crippen LogP contribution >= 0.6 is 35.3 Å². The number of halogens is 1. The smallest absolute Gasteiger partial charge is 0.191 e. The molecule has 0 amide bonds. The van der Waals surface area contributed by atoms with Crippen LogP contribution in [-0.4, -0.2) is 42.1 Å². The zero-order valence-corrected chi connectivity index (χ0v) is 20.3. The largest absolute Gasteiger partial charge is 0.356 e. The third-order valence-electron chi connectivity index (χ3n) is 4.76. The number of nitrogens with one attached hydrogen (secondary N) is 2. The lowest BCUT2D eigenvalue weighted by Crippen LogP contribution is -2.48. The van der Waals surface area contributed by atoms with E-state index >= 15 is 0 Å². The highest BCUT2D eigenvalue weighted by atomic mass is 127. The highest BCUT2D eigenvalue weighted by Gasteiger charge is 2.21. The third-order valence-corrected chi connectivity index (χ3v) is 5.61. The molecule has 2 aromatic rings. The molecule has 2 aromatic heterocycles. The SMILES string of the molecule is CN=C(NCc1nc(C(C)(C)C)cs1)NC1CCN(c2ccccn2)CC1.I. The monoisotopic (exact) mass is 514 g/mol. The Bertz CT molecular complexity index is 748. The van der Waals surface area contributed by atoms with Crippen molar-refractivity contribution in [3.8, 4) is 0 Å². The van der Waals surface area contributed by atoms with E-state index in [4.69, 9.17) is 4.98 Å². The van der Waals surface area contributed by atoms with Gasteiger partial charge in [0.2, 0.25) is 0 Å². The summed E-state index contributed by atoms with van der Waals surface area (Å²) in [6.07, 6.45) is 4.00. The first-order chi connectivity index (χ1) is 13.0. The summed E-state index contributed by atoms with van der Waals surface area (Å²) in [6.45, 7) is 9.29. The molecule has 1 aliphatic heterocycles. The van der Waals surface area contributed by atoms with Crippen LogP contribution in [0.25, 0.3) is 0 Å². The number of hydrogen-bond acceptors (Lipinski definition) is 5. The van der Waals surface area contributed by atoms with E-state index < -0.39 is 0 Å². The molecule has 0 bridgehead atoms. The van der Waals surface area contributed by atoms with Crippen LogP contribution in [0, 0.1) is 0 Å². The molecule has 0 spiro atoms. The lowest BCUT2D eigenvalue weighted by atomic mass is 9.93. The Kier molecular flexibility index (Phi) is 8.48. The van der Waals surface area contributed by atoms with E-state index in [1.807, 2.05) is 25.4 Å². The summed E-state index contributed by atoms with van der Waals surface area (Å²) in [5.41, 5.74) is 1.24. The number of rotatable bonds is 4. The van der Waals surface area contributed by atoms with Crippen molar-refractivity contribution in [1.82, 2.24) is 20.6 Å². The van der Waals surface area contributed by atoms with Gasteiger partial charge in [0.1, 0.15) is 10.8 Å². The molecular formula is C20H31IN6S. The molecule has 154 valence electrons. The standard InChI is InChI=1S/C20H30N6S.HI/c1-20(2,3)16-14-27-18(25-16)13-23-19(21-4)24-15-8-11-26(12-9-15)17-7-5-6-10-22-17;/h5-7,10,14-15H,8-9,11-13H2,1-4H3,(H2,21,23,24);1H. The van der Waals surface area contributed by atoms with E-state index in [0.717, 1.165) is 48.4 Å². The minimum absolute atomic E-state index is 0. The fraction of sp³-hybridized carbons (Fsp3) is 0.550. The maximum Gasteiger partial charge on any atom is 0.191 e. The van der Waals surface area contributed by atoms with Gasteiger partial charge in [-0.05, 0) is 25.0 Å². The van der Waals surface area contributed by atoms with Crippen LogP contribution in [0.15, 0.2) is 34.8 Å². The van der Waals surface area contributed by atoms with Crippen molar-refractivity contribution in [3.05, 3.63) is 40.5 Å². The summed E-state index contributed by atoms with van der Waals surface area (Å²) < 4.78 is 0. The quantitative estimate of drug-likeness (QED) is 0.370. The molecule has 1 aliphatic rings. The van der Waals surface area contributed by atoms with Gasteiger partial charge < -0.3 is 15.5 Å². The fourth-order valence-electron chi connectivity index (χ4n) is 3.08. The number of aliphatic imine (C=N–C) groups is 1. The summed E-state index contributed by atoms with van der Waals surface area (Å²) in [5, 5.41) is 10.2. The summed E-state index contributed by atoms with van der Waals surface area (Å²) in [6, 6.07) is 6.51. The number of nitrogens with zero attached hydrogens (tertiary/aromatic N) is 4. The van der Waals surface area contributed by atoms with E-state index in [2.05, 4.69) is 57.7 Å². The van der Waals surface area contributed by atoms with Gasteiger partial charge in [0.15, 0.2) is 5.96 Å². The maximum atomic E-state index is 4.74. The second kappa shape index (κ2) is 10.4. The zero-order chi connectivity index (χ0) is 19.3. The third kappa shape index (κ3) is 6.30. The van der Waals surface area contributed by atoms with Crippen LogP contribution in [-0.2, 0) is 12.0 Å². The van der Waals surface area contributed by atoms with Gasteiger partial charge >= 0.3 is 0 Å². The Labute approximate surface area is 189 Å². The van der Waals surface area contributed by atoms with Crippen molar-refractivity contribution in [1.29, 1.82) is 0 Å². The molecule has 0 aromatic carbocycles. The molecule has 3 heterocycles. The van der Waals surface area contributed by atoms with Gasteiger partial charge in [0, 0.05) is 43.2 Å². The molecule has 0 radical (unpaired) electrons. The summed E-state index contributed by atoms with van der Waals surface area (Å²) in [7, 11) is 1.82. The van der Waals surface area contributed by atoms with E-state index in [1.165, 1.54) is 0 Å². The first-order valence-electron chi connectivity index (χ1n) is 9.54. The van der Waals surface area contributed by atoms with Crippen LogP contribution in [0.4, 0.5) is 5.82 Å². The summed E-state index contributed by atoms with van der Waals surface area (Å²) >= 11 is 1.70. The molecule has 1 fully saturated rings. The van der Waals surface area contributed by atoms with Gasteiger partial charge in [-0.25, -0.2) is 9.97 Å². The van der Waals surface area contributed by atoms with Crippen LogP contribution in [0.5, 0.6) is 0 Å². The van der Waals surface area contributed by atoms with Crippen molar-refractivity contribution in [2.24, 2.45) is 4.99 Å². The Balaban J connectivity index is 0.00000280. The minimum Gasteiger partial charge on any atom is -0.356 e. The van der Waals surface area contributed by atoms with E-state index in [0.29, 0.717) is 12.6 Å². The van der Waals surface area contributed by atoms with Gasteiger partial charge in [-0.2, -0.15) is 0 Å². The van der Waals surface area contributed by atoms with E-state index in [9.17, 15) is 0 Å². The van der Waals surface area contributed by atoms with Crippen LogP contribution in [0.2, 0.25) is 0 Å². The Morgan fingerprint density at radius 2 is 2.04 bits per heavy atom. The molecule has 1 saturated heterocycles. The normalized spacial score (nSPS) is 15.9. The highest BCUT2D eigenvalue weighted by molar-refractivity contribution is 14.0. The second-order valence-corrected chi connectivity index (χ2v) is 8.84. The Morgan fingerprint density at radius 3 is 2.61 bits per heavy atom. The molecule has 8 heteroatoms. The lowest BCUT2D eigenvalue weighted by molar-refractivity contribution is 0.459. The number of hydrogen-bond donors (Lipinski definition) is 2. The fourth-order valence-corrected chi connectivity index (χ4v) is 4.04. The van der Waals surface area contributed by atoms with Crippen molar-refractivity contribution in [2.45, 2.75) is 51.6 Å². The number of pyridine rings is 1. The van der Waals surface area contributed by atoms with Crippen LogP contribution in [0.3, 0.4) is 0 Å². The van der Waals surface area contributed by atoms with E-state index in [1.54, 1.807) is 11.3 Å². The number of anilines is 1. The highest BCUT2D eigenvalue weighted by Crippen LogP contribution is 2.23. The molecular weight excluding hydrogens is 483 g/mol. The van der Waals surface area contributed by atoms with Gasteiger partial charge in [0.05, 0.1) is 12.2 Å². The van der Waals surface area contributed by atoms with E-state index in [-0.39, 0.29) is 29.4 Å². The van der Waals surface area contributed by atoms with Crippen molar-refractivity contribution >= 4 is 47.1 Å². The average molecular weight is 514 g/mol. The summed E-state index contributed by atoms with van der Waals surface area (Å²) in [5.74, 6) is 1.91. The Morgan fingerprint density at radius 1 is 1.29 bits per heavy atom. The van der Waals surface area contributed by atoms with Crippen LogP contribution < -0.4 is 15.5 Å². The number of thiazole rings is 1.